The van der Waals surface area contributed by atoms with Crippen molar-refractivity contribution in [3.8, 4) is 0 Å². The predicted octanol–water partition coefficient (Wildman–Crippen LogP) is 3.04. The molecule has 0 radical (unpaired) electrons. The first-order valence-corrected chi connectivity index (χ1v) is 7.69. The largest absolute Gasteiger partial charge is 0.357 e. The molecule has 0 bridgehead atoms. The molecule has 1 unspecified atom stereocenters. The highest BCUT2D eigenvalue weighted by molar-refractivity contribution is 14.0. The maximum atomic E-state index is 4.69. The predicted molar refractivity (Wildman–Crippen MR) is 110 cm³/mol. The fourth-order valence-corrected chi connectivity index (χ4v) is 2.12. The highest BCUT2D eigenvalue weighted by Gasteiger charge is 2.19. The summed E-state index contributed by atoms with van der Waals surface area (Å²) in [5, 5.41) is 6.48. The molecule has 0 saturated carbocycles. The Balaban J connectivity index is 0. The molecule has 0 heterocycles. The molecule has 1 atom stereocenters. The van der Waals surface area contributed by atoms with Gasteiger partial charge in [0.25, 0.3) is 0 Å². The molecule has 0 aliphatic heterocycles. The second-order valence-corrected chi connectivity index (χ2v) is 5.23. The van der Waals surface area contributed by atoms with Crippen LogP contribution in [0.2, 0.25) is 0 Å². The highest BCUT2D eigenvalue weighted by atomic mass is 127. The summed E-state index contributed by atoms with van der Waals surface area (Å²) in [6.45, 7) is 21.9. The second kappa shape index (κ2) is 15.1. The van der Waals surface area contributed by atoms with Crippen LogP contribution in [-0.4, -0.2) is 49.6 Å². The normalized spacial score (nSPS) is 12.5. The number of rotatable bonds is 11. The van der Waals surface area contributed by atoms with E-state index in [4.69, 9.17) is 4.99 Å². The summed E-state index contributed by atoms with van der Waals surface area (Å²) < 4.78 is 0. The lowest BCUT2D eigenvalue weighted by Gasteiger charge is -2.32. The van der Waals surface area contributed by atoms with Gasteiger partial charge in [0.1, 0.15) is 0 Å². The molecular weight excluding hydrogens is 387 g/mol. The summed E-state index contributed by atoms with van der Waals surface area (Å²) in [4.78, 5) is 7.05. The zero-order valence-electron chi connectivity index (χ0n) is 14.3. The first kappa shape index (κ1) is 23.4. The van der Waals surface area contributed by atoms with E-state index in [2.05, 4.69) is 56.0 Å². The third-order valence-corrected chi connectivity index (χ3v) is 3.16. The summed E-state index contributed by atoms with van der Waals surface area (Å²) in [6.07, 6.45) is 5.70. The summed E-state index contributed by atoms with van der Waals surface area (Å²) in [7, 11) is 0. The van der Waals surface area contributed by atoms with Gasteiger partial charge in [-0.05, 0) is 12.8 Å². The molecule has 0 aromatic rings. The van der Waals surface area contributed by atoms with Crippen LogP contribution in [0.5, 0.6) is 0 Å². The van der Waals surface area contributed by atoms with E-state index in [1.807, 2.05) is 18.2 Å². The van der Waals surface area contributed by atoms with Gasteiger partial charge in [-0.15, -0.1) is 43.7 Å². The van der Waals surface area contributed by atoms with E-state index >= 15 is 0 Å². The van der Waals surface area contributed by atoms with Gasteiger partial charge >= 0.3 is 0 Å². The Morgan fingerprint density at radius 2 is 1.68 bits per heavy atom. The molecule has 0 aliphatic rings. The molecule has 0 rings (SSSR count). The Morgan fingerprint density at radius 1 is 1.09 bits per heavy atom. The van der Waals surface area contributed by atoms with E-state index in [0.717, 1.165) is 32.1 Å². The minimum atomic E-state index is 0. The van der Waals surface area contributed by atoms with Crippen molar-refractivity contribution in [2.24, 2.45) is 10.9 Å². The molecule has 0 aromatic heterocycles. The number of hydrogen-bond acceptors (Lipinski definition) is 2. The maximum absolute atomic E-state index is 4.69. The zero-order valence-corrected chi connectivity index (χ0v) is 16.7. The van der Waals surface area contributed by atoms with E-state index < -0.39 is 0 Å². The standard InChI is InChI=1S/C17H32N4.HI/c1-7-11-19-17(18-10-4)20-14-16(15(5)6)21(12-8-2)13-9-3;/h7-9,15-16H,1-3,10-14H2,4-6H3,(H2,18,19,20);1H. The van der Waals surface area contributed by atoms with Gasteiger partial charge in [0.15, 0.2) is 5.96 Å². The van der Waals surface area contributed by atoms with Crippen molar-refractivity contribution in [2.75, 3.05) is 32.7 Å². The number of nitrogens with one attached hydrogen (secondary N) is 2. The van der Waals surface area contributed by atoms with Crippen LogP contribution < -0.4 is 10.6 Å². The highest BCUT2D eigenvalue weighted by Crippen LogP contribution is 2.11. The number of aliphatic imine (C=N–C) groups is 1. The van der Waals surface area contributed by atoms with E-state index in [1.165, 1.54) is 0 Å². The van der Waals surface area contributed by atoms with Crippen LogP contribution in [0.15, 0.2) is 43.0 Å². The van der Waals surface area contributed by atoms with E-state index in [-0.39, 0.29) is 24.0 Å². The van der Waals surface area contributed by atoms with Crippen molar-refractivity contribution in [1.82, 2.24) is 15.5 Å². The fraction of sp³-hybridized carbons (Fsp3) is 0.588. The molecule has 0 spiro atoms. The molecule has 0 aromatic carbocycles. The van der Waals surface area contributed by atoms with E-state index in [9.17, 15) is 0 Å². The van der Waals surface area contributed by atoms with Gasteiger partial charge in [-0.2, -0.15) is 0 Å². The van der Waals surface area contributed by atoms with Crippen LogP contribution in [0.1, 0.15) is 20.8 Å². The van der Waals surface area contributed by atoms with Crippen LogP contribution in [0.4, 0.5) is 0 Å². The van der Waals surface area contributed by atoms with Crippen LogP contribution >= 0.6 is 24.0 Å². The number of halogens is 1. The Labute approximate surface area is 153 Å². The van der Waals surface area contributed by atoms with Gasteiger partial charge < -0.3 is 10.6 Å². The van der Waals surface area contributed by atoms with Crippen molar-refractivity contribution in [2.45, 2.75) is 26.8 Å². The maximum Gasteiger partial charge on any atom is 0.191 e. The van der Waals surface area contributed by atoms with Gasteiger partial charge in [0, 0.05) is 32.2 Å². The zero-order chi connectivity index (χ0) is 16.1. The van der Waals surface area contributed by atoms with E-state index in [0.29, 0.717) is 18.5 Å². The number of hydrogen-bond donors (Lipinski definition) is 2. The lowest BCUT2D eigenvalue weighted by Crippen LogP contribution is -2.43. The topological polar surface area (TPSA) is 39.7 Å². The van der Waals surface area contributed by atoms with Gasteiger partial charge in [-0.25, -0.2) is 0 Å². The van der Waals surface area contributed by atoms with Crippen LogP contribution in [-0.2, 0) is 0 Å². The van der Waals surface area contributed by atoms with Gasteiger partial charge in [0.05, 0.1) is 6.54 Å². The SMILES string of the molecule is C=CCNC(=NCC(C(C)C)N(CC=C)CC=C)NCC.I. The van der Waals surface area contributed by atoms with Crippen molar-refractivity contribution in [3.05, 3.63) is 38.0 Å². The minimum Gasteiger partial charge on any atom is -0.357 e. The molecule has 0 aliphatic carbocycles. The third-order valence-electron chi connectivity index (χ3n) is 3.16. The number of nitrogens with zero attached hydrogens (tertiary/aromatic N) is 2. The molecule has 0 saturated heterocycles. The fourth-order valence-electron chi connectivity index (χ4n) is 2.12. The summed E-state index contributed by atoms with van der Waals surface area (Å²) >= 11 is 0. The average molecular weight is 420 g/mol. The Morgan fingerprint density at radius 3 is 2.09 bits per heavy atom. The third kappa shape index (κ3) is 10.00. The quantitative estimate of drug-likeness (QED) is 0.234. The number of guanidine groups is 1. The molecule has 128 valence electrons. The second-order valence-electron chi connectivity index (χ2n) is 5.23. The van der Waals surface area contributed by atoms with Gasteiger partial charge in [0.2, 0.25) is 0 Å². The minimum absolute atomic E-state index is 0. The molecule has 0 fully saturated rings. The molecule has 5 heteroatoms. The summed E-state index contributed by atoms with van der Waals surface area (Å²) in [5.41, 5.74) is 0. The van der Waals surface area contributed by atoms with Crippen molar-refractivity contribution in [3.63, 3.8) is 0 Å². The summed E-state index contributed by atoms with van der Waals surface area (Å²) in [6, 6.07) is 0.361. The van der Waals surface area contributed by atoms with Crippen molar-refractivity contribution >= 4 is 29.9 Å². The molecule has 4 nitrogen and oxygen atoms in total. The monoisotopic (exact) mass is 420 g/mol. The Bertz CT molecular complexity index is 330. The lowest BCUT2D eigenvalue weighted by molar-refractivity contribution is 0.195. The molecule has 22 heavy (non-hydrogen) atoms. The van der Waals surface area contributed by atoms with Crippen molar-refractivity contribution in [1.29, 1.82) is 0 Å². The lowest BCUT2D eigenvalue weighted by atomic mass is 10.0. The van der Waals surface area contributed by atoms with Gasteiger partial charge in [-0.1, -0.05) is 32.1 Å². The van der Waals surface area contributed by atoms with E-state index in [1.54, 1.807) is 0 Å². The smallest absolute Gasteiger partial charge is 0.191 e. The molecule has 0 amide bonds. The van der Waals surface area contributed by atoms with Gasteiger partial charge in [-0.3, -0.25) is 9.89 Å². The van der Waals surface area contributed by atoms with Crippen molar-refractivity contribution < 1.29 is 0 Å². The summed E-state index contributed by atoms with van der Waals surface area (Å²) in [5.74, 6) is 1.34. The van der Waals surface area contributed by atoms with Crippen LogP contribution in [0.25, 0.3) is 0 Å². The first-order valence-electron chi connectivity index (χ1n) is 7.69. The Kier molecular flexibility index (Phi) is 16.1. The molecule has 2 N–H and O–H groups in total. The van der Waals surface area contributed by atoms with Crippen LogP contribution in [0, 0.1) is 5.92 Å². The van der Waals surface area contributed by atoms with Crippen LogP contribution in [0.3, 0.4) is 0 Å². The first-order chi connectivity index (χ1) is 10.1. The Hall–Kier alpha value is -0.820. The average Bonchev–Trinajstić information content (AvgIpc) is 2.44. The molecular formula is C17H33IN4.